The molecule has 2 aromatic carbocycles. The van der Waals surface area contributed by atoms with Gasteiger partial charge in [-0.3, -0.25) is 0 Å². The molecule has 1 unspecified atom stereocenters. The van der Waals surface area contributed by atoms with Gasteiger partial charge < -0.3 is 19.5 Å². The number of nitrogens with one attached hydrogen (secondary N) is 1. The van der Waals surface area contributed by atoms with Crippen molar-refractivity contribution in [1.82, 2.24) is 5.32 Å². The molecular formula is C19H20FNO3. The molecule has 24 heavy (non-hydrogen) atoms. The maximum Gasteiger partial charge on any atom is 0.231 e. The molecule has 0 radical (unpaired) electrons. The highest BCUT2D eigenvalue weighted by Gasteiger charge is 2.27. The highest BCUT2D eigenvalue weighted by Crippen LogP contribution is 2.36. The highest BCUT2D eigenvalue weighted by molar-refractivity contribution is 5.46. The topological polar surface area (TPSA) is 39.7 Å². The summed E-state index contributed by atoms with van der Waals surface area (Å²) in [4.78, 5) is 0. The summed E-state index contributed by atoms with van der Waals surface area (Å²) in [5.41, 5.74) is -0.544. The van der Waals surface area contributed by atoms with Crippen LogP contribution >= 0.6 is 0 Å². The number of fused-ring (bicyclic) bond motifs is 1. The van der Waals surface area contributed by atoms with Gasteiger partial charge in [-0.25, -0.2) is 4.39 Å². The molecule has 0 aliphatic carbocycles. The van der Waals surface area contributed by atoms with E-state index < -0.39 is 80.1 Å². The molecule has 0 aromatic heterocycles. The Kier molecular flexibility index (Phi) is 1.93. The van der Waals surface area contributed by atoms with Crippen LogP contribution in [0.4, 0.5) is 4.39 Å². The van der Waals surface area contributed by atoms with E-state index in [9.17, 15) is 4.39 Å². The predicted molar refractivity (Wildman–Crippen MR) is 88.2 cm³/mol. The maximum absolute atomic E-state index is 14.2. The van der Waals surface area contributed by atoms with Gasteiger partial charge in [-0.2, -0.15) is 0 Å². The van der Waals surface area contributed by atoms with E-state index in [2.05, 4.69) is 5.32 Å². The third-order valence-corrected chi connectivity index (χ3v) is 3.55. The lowest BCUT2D eigenvalue weighted by Crippen LogP contribution is -2.38. The van der Waals surface area contributed by atoms with E-state index in [1.165, 1.54) is 12.1 Å². The second-order valence-electron chi connectivity index (χ2n) is 5.08. The van der Waals surface area contributed by atoms with E-state index in [4.69, 9.17) is 30.7 Å². The molecule has 2 aromatic rings. The number of piperidine rings is 1. The summed E-state index contributed by atoms with van der Waals surface area (Å²) in [5.74, 6) is -5.33. The summed E-state index contributed by atoms with van der Waals surface area (Å²) in [7, 11) is 0. The summed E-state index contributed by atoms with van der Waals surface area (Å²) < 4.78 is 127. The van der Waals surface area contributed by atoms with Gasteiger partial charge in [-0.15, -0.1) is 0 Å². The van der Waals surface area contributed by atoms with Crippen LogP contribution in [0.25, 0.3) is 0 Å². The highest BCUT2D eigenvalue weighted by atomic mass is 19.1. The normalized spacial score (nSPS) is 36.5. The number of rotatable bonds is 4. The van der Waals surface area contributed by atoms with Crippen LogP contribution in [0.15, 0.2) is 42.4 Å². The van der Waals surface area contributed by atoms with Gasteiger partial charge in [0, 0.05) is 24.0 Å². The molecule has 5 heteroatoms. The third-order valence-electron chi connectivity index (χ3n) is 3.55. The molecule has 0 spiro atoms. The Labute approximate surface area is 157 Å². The van der Waals surface area contributed by atoms with Crippen LogP contribution in [0, 0.1) is 11.7 Å². The van der Waals surface area contributed by atoms with Gasteiger partial charge >= 0.3 is 0 Å². The lowest BCUT2D eigenvalue weighted by atomic mass is 9.81. The number of halogens is 1. The zero-order valence-electron chi connectivity index (χ0n) is 24.2. The molecule has 2 aliphatic rings. The summed E-state index contributed by atoms with van der Waals surface area (Å²) >= 11 is 0. The first-order valence-electron chi connectivity index (χ1n) is 13.1. The largest absolute Gasteiger partial charge is 0.493 e. The van der Waals surface area contributed by atoms with Crippen molar-refractivity contribution in [2.24, 2.45) is 5.92 Å². The lowest BCUT2D eigenvalue weighted by Gasteiger charge is -2.32. The fraction of sp³-hybridized carbons (Fsp3) is 0.368. The molecule has 2 heterocycles. The van der Waals surface area contributed by atoms with Crippen molar-refractivity contribution >= 4 is 0 Å². The van der Waals surface area contributed by atoms with Crippen LogP contribution in [-0.4, -0.2) is 26.3 Å². The fourth-order valence-corrected chi connectivity index (χ4v) is 2.34. The van der Waals surface area contributed by atoms with E-state index in [1.807, 2.05) is 0 Å². The van der Waals surface area contributed by atoms with E-state index in [0.29, 0.717) is 0 Å². The summed E-state index contributed by atoms with van der Waals surface area (Å²) in [5, 5.41) is 2.07. The Bertz CT molecular complexity index is 1200. The van der Waals surface area contributed by atoms with Gasteiger partial charge in [0.15, 0.2) is 11.5 Å². The third kappa shape index (κ3) is 3.17. The molecule has 0 saturated carbocycles. The second-order valence-corrected chi connectivity index (χ2v) is 5.08. The van der Waals surface area contributed by atoms with Crippen LogP contribution in [0.2, 0.25) is 0 Å². The molecule has 2 atom stereocenters. The zero-order chi connectivity index (χ0) is 27.0. The molecule has 4 rings (SSSR count). The first-order valence-corrected chi connectivity index (χ1v) is 7.11. The van der Waals surface area contributed by atoms with Crippen LogP contribution in [-0.2, 0) is 0 Å². The molecular weight excluding hydrogens is 309 g/mol. The minimum atomic E-state index is -2.97. The molecule has 0 amide bonds. The van der Waals surface area contributed by atoms with Crippen LogP contribution in [0.5, 0.6) is 17.2 Å². The Morgan fingerprint density at radius 3 is 3.00 bits per heavy atom. The van der Waals surface area contributed by atoms with Gasteiger partial charge in [-0.1, -0.05) is 12.1 Å². The van der Waals surface area contributed by atoms with Gasteiger partial charge in [0.2, 0.25) is 6.75 Å². The smallest absolute Gasteiger partial charge is 0.231 e. The van der Waals surface area contributed by atoms with Gasteiger partial charge in [0.1, 0.15) is 14.3 Å². The lowest BCUT2D eigenvalue weighted by molar-refractivity contribution is 0.173. The molecule has 0 bridgehead atoms. The number of hydrogen-bond acceptors (Lipinski definition) is 4. The first-order chi connectivity index (χ1) is 16.4. The predicted octanol–water partition coefficient (Wildman–Crippen LogP) is 3.33. The Morgan fingerprint density at radius 1 is 1.29 bits per heavy atom. The summed E-state index contributed by atoms with van der Waals surface area (Å²) in [6.07, 6.45) is -0.677. The van der Waals surface area contributed by atoms with Gasteiger partial charge in [0.25, 0.3) is 0 Å². The Hall–Kier alpha value is -2.27. The SMILES string of the molecule is [2H]c1c([2H])c(C2CC([2H])([2H])NC([2H])([2H])[C@H]2C([2H])([2H])Oc2ccc3c(c2)OC([2H])([2H])O3)c([2H])c([2H])c1F. The minimum absolute atomic E-state index is 0.0172. The average Bonchev–Trinajstić information content (AvgIpc) is 3.01. The van der Waals surface area contributed by atoms with E-state index >= 15 is 0 Å². The van der Waals surface area contributed by atoms with Crippen molar-refractivity contribution < 1.29 is 35.1 Å². The molecule has 2 aliphatic heterocycles. The standard InChI is InChI=1S/C19H20FNO3/c20-15-3-1-13(2-4-15)17-7-8-21-10-14(17)11-22-16-5-6-18-19(9-16)24-12-23-18/h1-6,9,14,17,21H,7-8,10-12H2/t14-,17?/m0/s1/i1D,2D,3D,4D,8D2,10D2,11D2,12D2. The van der Waals surface area contributed by atoms with Crippen LogP contribution in [0.3, 0.4) is 0 Å². The average molecular weight is 341 g/mol. The van der Waals surface area contributed by atoms with Crippen LogP contribution < -0.4 is 19.5 Å². The summed E-state index contributed by atoms with van der Waals surface area (Å²) in [6.45, 7) is -10.7. The van der Waals surface area contributed by atoms with Crippen molar-refractivity contribution in [3.8, 4) is 17.2 Å². The number of ether oxygens (including phenoxy) is 3. The van der Waals surface area contributed by atoms with Crippen LogP contribution in [0.1, 0.15) is 34.4 Å². The van der Waals surface area contributed by atoms with E-state index in [-0.39, 0.29) is 17.2 Å². The Balaban J connectivity index is 1.80. The van der Waals surface area contributed by atoms with Crippen molar-refractivity contribution in [1.29, 1.82) is 0 Å². The second kappa shape index (κ2) is 6.69. The molecule has 1 fully saturated rings. The maximum atomic E-state index is 14.2. The van der Waals surface area contributed by atoms with Crippen molar-refractivity contribution in [3.05, 3.63) is 53.7 Å². The first kappa shape index (κ1) is 6.92. The van der Waals surface area contributed by atoms with Gasteiger partial charge in [0.05, 0.1) is 14.8 Å². The van der Waals surface area contributed by atoms with Crippen molar-refractivity contribution in [2.45, 2.75) is 12.3 Å². The fourth-order valence-electron chi connectivity index (χ4n) is 2.34. The van der Waals surface area contributed by atoms with E-state index in [1.54, 1.807) is 0 Å². The quantitative estimate of drug-likeness (QED) is 0.926. The van der Waals surface area contributed by atoms with Gasteiger partial charge in [-0.05, 0) is 48.6 Å². The number of benzene rings is 2. The molecule has 4 nitrogen and oxygen atoms in total. The molecule has 126 valence electrons. The minimum Gasteiger partial charge on any atom is -0.493 e. The monoisotopic (exact) mass is 341 g/mol. The molecule has 1 N–H and O–H groups in total. The van der Waals surface area contributed by atoms with Crippen molar-refractivity contribution in [2.75, 3.05) is 26.3 Å². The Morgan fingerprint density at radius 2 is 2.12 bits per heavy atom. The molecule has 1 saturated heterocycles. The zero-order valence-corrected chi connectivity index (χ0v) is 12.2. The van der Waals surface area contributed by atoms with E-state index in [0.717, 1.165) is 6.07 Å². The number of hydrogen-bond donors (Lipinski definition) is 1. The summed E-state index contributed by atoms with van der Waals surface area (Å²) in [6, 6.07) is -0.262. The van der Waals surface area contributed by atoms with Crippen molar-refractivity contribution in [3.63, 3.8) is 0 Å².